The molecule has 1 aliphatic heterocycles. The number of amides is 2. The predicted molar refractivity (Wildman–Crippen MR) is 89.6 cm³/mol. The van der Waals surface area contributed by atoms with Crippen molar-refractivity contribution in [2.75, 3.05) is 19.5 Å². The molecule has 2 amide bonds. The molecule has 124 valence electrons. The number of hydrogen-bond acceptors (Lipinski definition) is 4. The third-order valence-corrected chi connectivity index (χ3v) is 4.18. The van der Waals surface area contributed by atoms with E-state index in [-0.39, 0.29) is 11.8 Å². The number of ether oxygens (including phenoxy) is 2. The normalized spacial score (nSPS) is 16.1. The first kappa shape index (κ1) is 15.9. The van der Waals surface area contributed by atoms with E-state index in [2.05, 4.69) is 5.32 Å². The summed E-state index contributed by atoms with van der Waals surface area (Å²) in [5.41, 5.74) is 8.20. The number of carbonyl (C=O) groups is 2. The zero-order valence-corrected chi connectivity index (χ0v) is 13.5. The summed E-state index contributed by atoms with van der Waals surface area (Å²) in [4.78, 5) is 23.4. The molecule has 0 aliphatic carbocycles. The highest BCUT2D eigenvalue weighted by Gasteiger charge is 2.30. The maximum atomic E-state index is 12.1. The number of hydrogen-bond donors (Lipinski definition) is 2. The largest absolute Gasteiger partial charge is 0.497 e. The summed E-state index contributed by atoms with van der Waals surface area (Å²) in [6.07, 6.45) is 0.297. The Morgan fingerprint density at radius 2 is 1.88 bits per heavy atom. The van der Waals surface area contributed by atoms with Gasteiger partial charge in [-0.25, -0.2) is 0 Å². The second-order valence-corrected chi connectivity index (χ2v) is 5.58. The fourth-order valence-corrected chi connectivity index (χ4v) is 3.00. The summed E-state index contributed by atoms with van der Waals surface area (Å²) in [5, 5.41) is 2.87. The Kier molecular flexibility index (Phi) is 4.12. The van der Waals surface area contributed by atoms with E-state index in [0.717, 1.165) is 11.1 Å². The Labute approximate surface area is 139 Å². The first-order chi connectivity index (χ1) is 11.5. The van der Waals surface area contributed by atoms with Crippen LogP contribution in [-0.4, -0.2) is 26.0 Å². The molecule has 0 bridgehead atoms. The van der Waals surface area contributed by atoms with E-state index in [4.69, 9.17) is 15.2 Å². The minimum absolute atomic E-state index is 0.0817. The van der Waals surface area contributed by atoms with Gasteiger partial charge in [-0.2, -0.15) is 0 Å². The molecule has 3 N–H and O–H groups in total. The molecule has 0 saturated heterocycles. The van der Waals surface area contributed by atoms with E-state index in [0.29, 0.717) is 29.2 Å². The molecule has 6 nitrogen and oxygen atoms in total. The van der Waals surface area contributed by atoms with Gasteiger partial charge in [0.2, 0.25) is 11.8 Å². The van der Waals surface area contributed by atoms with Crippen LogP contribution in [0.1, 0.15) is 33.8 Å². The van der Waals surface area contributed by atoms with Crippen molar-refractivity contribution in [3.05, 3.63) is 53.1 Å². The Morgan fingerprint density at radius 3 is 2.46 bits per heavy atom. The Balaban J connectivity index is 2.10. The Bertz CT molecular complexity index is 799. The smallest absolute Gasteiger partial charge is 0.248 e. The molecular weight excluding hydrogens is 308 g/mol. The minimum atomic E-state index is -0.481. The molecule has 24 heavy (non-hydrogen) atoms. The summed E-state index contributed by atoms with van der Waals surface area (Å²) in [6, 6.07) is 10.5. The molecule has 1 heterocycles. The van der Waals surface area contributed by atoms with Crippen molar-refractivity contribution in [2.24, 2.45) is 5.73 Å². The third kappa shape index (κ3) is 2.78. The van der Waals surface area contributed by atoms with Crippen molar-refractivity contribution < 1.29 is 19.1 Å². The topological polar surface area (TPSA) is 90.7 Å². The molecule has 0 radical (unpaired) electrons. The van der Waals surface area contributed by atoms with E-state index in [9.17, 15) is 9.59 Å². The van der Waals surface area contributed by atoms with E-state index in [1.807, 2.05) is 12.1 Å². The number of benzene rings is 2. The highest BCUT2D eigenvalue weighted by atomic mass is 16.5. The fraction of sp³-hybridized carbons (Fsp3) is 0.222. The van der Waals surface area contributed by atoms with Crippen LogP contribution in [-0.2, 0) is 4.79 Å². The summed E-state index contributed by atoms with van der Waals surface area (Å²) in [7, 11) is 3.14. The highest BCUT2D eigenvalue weighted by molar-refractivity contribution is 5.96. The number of nitrogens with two attached hydrogens (primary N) is 1. The fourth-order valence-electron chi connectivity index (χ4n) is 3.00. The number of carbonyl (C=O) groups excluding carboxylic acids is 2. The van der Waals surface area contributed by atoms with Gasteiger partial charge in [0, 0.05) is 35.6 Å². The standard InChI is InChI=1S/C18H18N2O4/c1-23-12-7-14-17(15(8-12)24-2)13(9-16(21)20-14)10-3-5-11(6-4-10)18(19)22/h3-8,13H,9H2,1-2H3,(H2,19,22)(H,20,21). The van der Waals surface area contributed by atoms with Crippen molar-refractivity contribution in [3.8, 4) is 11.5 Å². The highest BCUT2D eigenvalue weighted by Crippen LogP contribution is 2.44. The van der Waals surface area contributed by atoms with Crippen molar-refractivity contribution in [1.82, 2.24) is 0 Å². The molecule has 0 aromatic heterocycles. The zero-order valence-electron chi connectivity index (χ0n) is 13.5. The molecule has 1 unspecified atom stereocenters. The number of nitrogens with one attached hydrogen (secondary N) is 1. The lowest BCUT2D eigenvalue weighted by Gasteiger charge is -2.28. The van der Waals surface area contributed by atoms with Crippen LogP contribution in [0.4, 0.5) is 5.69 Å². The molecule has 2 aromatic carbocycles. The molecular formula is C18H18N2O4. The Morgan fingerprint density at radius 1 is 1.17 bits per heavy atom. The van der Waals surface area contributed by atoms with Gasteiger partial charge in [0.05, 0.1) is 19.9 Å². The van der Waals surface area contributed by atoms with Crippen LogP contribution in [0.15, 0.2) is 36.4 Å². The predicted octanol–water partition coefficient (Wildman–Crippen LogP) is 2.28. The third-order valence-electron chi connectivity index (χ3n) is 4.18. The molecule has 0 fully saturated rings. The van der Waals surface area contributed by atoms with Gasteiger partial charge in [0.1, 0.15) is 11.5 Å². The van der Waals surface area contributed by atoms with Crippen LogP contribution in [0.5, 0.6) is 11.5 Å². The molecule has 3 rings (SSSR count). The number of fused-ring (bicyclic) bond motifs is 1. The maximum Gasteiger partial charge on any atom is 0.248 e. The zero-order chi connectivity index (χ0) is 17.3. The van der Waals surface area contributed by atoms with Crippen LogP contribution < -0.4 is 20.5 Å². The van der Waals surface area contributed by atoms with Crippen LogP contribution in [0.2, 0.25) is 0 Å². The van der Waals surface area contributed by atoms with Gasteiger partial charge in [-0.1, -0.05) is 12.1 Å². The van der Waals surface area contributed by atoms with Gasteiger partial charge >= 0.3 is 0 Å². The lowest BCUT2D eigenvalue weighted by atomic mass is 9.83. The Hall–Kier alpha value is -3.02. The molecule has 0 spiro atoms. The molecule has 1 aliphatic rings. The molecule has 0 saturated carbocycles. The summed E-state index contributed by atoms with van der Waals surface area (Å²) in [6.45, 7) is 0. The van der Waals surface area contributed by atoms with Crippen LogP contribution >= 0.6 is 0 Å². The van der Waals surface area contributed by atoms with Crippen LogP contribution in [0.25, 0.3) is 0 Å². The van der Waals surface area contributed by atoms with Gasteiger partial charge in [0.15, 0.2) is 0 Å². The first-order valence-electron chi connectivity index (χ1n) is 7.49. The monoisotopic (exact) mass is 326 g/mol. The van der Waals surface area contributed by atoms with Gasteiger partial charge in [0.25, 0.3) is 0 Å². The summed E-state index contributed by atoms with van der Waals surface area (Å²) in [5.74, 6) is 0.521. The van der Waals surface area contributed by atoms with Crippen molar-refractivity contribution >= 4 is 17.5 Å². The minimum Gasteiger partial charge on any atom is -0.497 e. The second kappa shape index (κ2) is 6.23. The van der Waals surface area contributed by atoms with E-state index >= 15 is 0 Å². The number of anilines is 1. The molecule has 6 heteroatoms. The van der Waals surface area contributed by atoms with Crippen LogP contribution in [0.3, 0.4) is 0 Å². The van der Waals surface area contributed by atoms with E-state index in [1.165, 1.54) is 0 Å². The molecule has 2 aromatic rings. The number of primary amides is 1. The van der Waals surface area contributed by atoms with Crippen molar-refractivity contribution in [3.63, 3.8) is 0 Å². The van der Waals surface area contributed by atoms with Gasteiger partial charge in [-0.3, -0.25) is 9.59 Å². The van der Waals surface area contributed by atoms with Gasteiger partial charge in [-0.15, -0.1) is 0 Å². The lowest BCUT2D eigenvalue weighted by molar-refractivity contribution is -0.116. The van der Waals surface area contributed by atoms with Crippen molar-refractivity contribution in [2.45, 2.75) is 12.3 Å². The van der Waals surface area contributed by atoms with Crippen molar-refractivity contribution in [1.29, 1.82) is 0 Å². The van der Waals surface area contributed by atoms with E-state index < -0.39 is 5.91 Å². The van der Waals surface area contributed by atoms with E-state index in [1.54, 1.807) is 38.5 Å². The first-order valence-corrected chi connectivity index (χ1v) is 7.49. The summed E-state index contributed by atoms with van der Waals surface area (Å²) < 4.78 is 10.8. The molecule has 1 atom stereocenters. The number of rotatable bonds is 4. The quantitative estimate of drug-likeness (QED) is 0.902. The SMILES string of the molecule is COc1cc2c(c(OC)c1)C(c1ccc(C(N)=O)cc1)CC(=O)N2. The summed E-state index contributed by atoms with van der Waals surface area (Å²) >= 11 is 0. The average molecular weight is 326 g/mol. The van der Waals surface area contributed by atoms with Crippen LogP contribution in [0, 0.1) is 0 Å². The number of methoxy groups -OCH3 is 2. The average Bonchev–Trinajstić information content (AvgIpc) is 2.59. The maximum absolute atomic E-state index is 12.1. The van der Waals surface area contributed by atoms with Gasteiger partial charge < -0.3 is 20.5 Å². The second-order valence-electron chi connectivity index (χ2n) is 5.58. The van der Waals surface area contributed by atoms with Gasteiger partial charge in [-0.05, 0) is 17.7 Å². The lowest BCUT2D eigenvalue weighted by Crippen LogP contribution is -2.24.